The quantitative estimate of drug-likeness (QED) is 0.812. The van der Waals surface area contributed by atoms with Gasteiger partial charge in [-0.15, -0.1) is 0 Å². The highest BCUT2D eigenvalue weighted by molar-refractivity contribution is 6.01. The Balaban J connectivity index is 1.50. The van der Waals surface area contributed by atoms with Gasteiger partial charge in [-0.1, -0.05) is 32.0 Å². The van der Waals surface area contributed by atoms with Gasteiger partial charge in [-0.25, -0.2) is 4.79 Å². The van der Waals surface area contributed by atoms with Gasteiger partial charge in [-0.3, -0.25) is 9.59 Å². The summed E-state index contributed by atoms with van der Waals surface area (Å²) in [5.74, 6) is 0.197. The number of nitrogens with one attached hydrogen (secondary N) is 2. The van der Waals surface area contributed by atoms with Crippen LogP contribution in [0.4, 0.5) is 10.5 Å². The van der Waals surface area contributed by atoms with Crippen LogP contribution in [-0.4, -0.2) is 55.0 Å². The summed E-state index contributed by atoms with van der Waals surface area (Å²) in [5.41, 5.74) is 0.864. The van der Waals surface area contributed by atoms with Crippen molar-refractivity contribution >= 4 is 23.5 Å². The maximum absolute atomic E-state index is 12.7. The predicted octanol–water partition coefficient (Wildman–Crippen LogP) is 1.99. The number of piperidine rings is 1. The van der Waals surface area contributed by atoms with E-state index in [1.807, 2.05) is 44.2 Å². The molecule has 2 aliphatic rings. The van der Waals surface area contributed by atoms with Crippen molar-refractivity contribution in [3.8, 4) is 0 Å². The molecule has 0 saturated carbocycles. The number of hydrogen-bond donors (Lipinski definition) is 2. The Morgan fingerprint density at radius 1 is 1.14 bits per heavy atom. The molecule has 2 atom stereocenters. The van der Waals surface area contributed by atoms with Gasteiger partial charge in [-0.05, 0) is 37.3 Å². The van der Waals surface area contributed by atoms with Gasteiger partial charge in [0.05, 0.1) is 0 Å². The van der Waals surface area contributed by atoms with Crippen molar-refractivity contribution in [3.05, 3.63) is 30.3 Å². The van der Waals surface area contributed by atoms with Crippen molar-refractivity contribution in [2.75, 3.05) is 31.1 Å². The zero-order chi connectivity index (χ0) is 20.1. The second-order valence-electron chi connectivity index (χ2n) is 7.97. The zero-order valence-corrected chi connectivity index (χ0v) is 16.7. The second kappa shape index (κ2) is 9.08. The second-order valence-corrected chi connectivity index (χ2v) is 7.97. The Bertz CT molecular complexity index is 707. The minimum atomic E-state index is -0.478. The molecule has 2 N–H and O–H groups in total. The molecule has 2 saturated heterocycles. The van der Waals surface area contributed by atoms with Crippen LogP contribution in [0.3, 0.4) is 0 Å². The highest BCUT2D eigenvalue weighted by Crippen LogP contribution is 2.22. The molecular weight excluding hydrogens is 356 g/mol. The molecular formula is C21H30N4O3. The molecule has 7 nitrogen and oxygen atoms in total. The molecule has 3 rings (SSSR count). The molecule has 2 heterocycles. The summed E-state index contributed by atoms with van der Waals surface area (Å²) < 4.78 is 0. The molecule has 0 spiro atoms. The van der Waals surface area contributed by atoms with Crippen LogP contribution in [0.15, 0.2) is 30.3 Å². The van der Waals surface area contributed by atoms with Crippen LogP contribution in [0, 0.1) is 11.8 Å². The number of anilines is 1. The van der Waals surface area contributed by atoms with Gasteiger partial charge < -0.3 is 20.4 Å². The molecule has 2 aliphatic heterocycles. The Morgan fingerprint density at radius 3 is 2.61 bits per heavy atom. The van der Waals surface area contributed by atoms with E-state index < -0.39 is 6.04 Å². The number of amides is 4. The number of hydrogen-bond acceptors (Lipinski definition) is 3. The van der Waals surface area contributed by atoms with Gasteiger partial charge >= 0.3 is 6.03 Å². The van der Waals surface area contributed by atoms with Gasteiger partial charge in [0.15, 0.2) is 0 Å². The molecule has 1 aromatic carbocycles. The largest absolute Gasteiger partial charge is 0.356 e. The van der Waals surface area contributed by atoms with Crippen LogP contribution in [-0.2, 0) is 9.59 Å². The summed E-state index contributed by atoms with van der Waals surface area (Å²) >= 11 is 0. The molecule has 0 radical (unpaired) electrons. The lowest BCUT2D eigenvalue weighted by Crippen LogP contribution is -2.51. The number of para-hydroxylation sites is 1. The average molecular weight is 386 g/mol. The SMILES string of the molecule is CC(C)C(=O)NCC1CCCN(C(=O)NC2CCN(c3ccccc3)C2=O)C1. The topological polar surface area (TPSA) is 81.8 Å². The van der Waals surface area contributed by atoms with Gasteiger partial charge in [0.2, 0.25) is 11.8 Å². The number of likely N-dealkylation sites (tertiary alicyclic amines) is 1. The first-order chi connectivity index (χ1) is 13.5. The summed E-state index contributed by atoms with van der Waals surface area (Å²) in [6.45, 7) is 6.22. The van der Waals surface area contributed by atoms with Crippen LogP contribution in [0.5, 0.6) is 0 Å². The summed E-state index contributed by atoms with van der Waals surface area (Å²) in [7, 11) is 0. The fraction of sp³-hybridized carbons (Fsp3) is 0.571. The van der Waals surface area contributed by atoms with E-state index in [9.17, 15) is 14.4 Å². The fourth-order valence-electron chi connectivity index (χ4n) is 3.78. The van der Waals surface area contributed by atoms with E-state index in [1.54, 1.807) is 9.80 Å². The van der Waals surface area contributed by atoms with Gasteiger partial charge in [0, 0.05) is 37.8 Å². The normalized spacial score (nSPS) is 22.5. The van der Waals surface area contributed by atoms with Crippen LogP contribution in [0.1, 0.15) is 33.1 Å². The fourth-order valence-corrected chi connectivity index (χ4v) is 3.78. The van der Waals surface area contributed by atoms with E-state index in [-0.39, 0.29) is 29.7 Å². The number of nitrogens with zero attached hydrogens (tertiary/aromatic N) is 2. The van der Waals surface area contributed by atoms with E-state index in [2.05, 4.69) is 10.6 Å². The van der Waals surface area contributed by atoms with E-state index >= 15 is 0 Å². The lowest BCUT2D eigenvalue weighted by molar-refractivity contribution is -0.124. The number of urea groups is 1. The molecule has 2 fully saturated rings. The van der Waals surface area contributed by atoms with Crippen molar-refractivity contribution in [1.82, 2.24) is 15.5 Å². The Morgan fingerprint density at radius 2 is 1.89 bits per heavy atom. The van der Waals surface area contributed by atoms with Crippen LogP contribution in [0.25, 0.3) is 0 Å². The van der Waals surface area contributed by atoms with Crippen molar-refractivity contribution in [3.63, 3.8) is 0 Å². The van der Waals surface area contributed by atoms with E-state index in [0.717, 1.165) is 18.5 Å². The van der Waals surface area contributed by atoms with E-state index in [0.29, 0.717) is 32.6 Å². The molecule has 0 aromatic heterocycles. The van der Waals surface area contributed by atoms with Crippen LogP contribution in [0.2, 0.25) is 0 Å². The number of rotatable bonds is 5. The summed E-state index contributed by atoms with van der Waals surface area (Å²) in [6, 6.07) is 8.87. The third-order valence-electron chi connectivity index (χ3n) is 5.47. The maximum atomic E-state index is 12.7. The first-order valence-corrected chi connectivity index (χ1v) is 10.1. The zero-order valence-electron chi connectivity index (χ0n) is 16.7. The lowest BCUT2D eigenvalue weighted by Gasteiger charge is -2.33. The summed E-state index contributed by atoms with van der Waals surface area (Å²) in [5, 5.41) is 5.87. The summed E-state index contributed by atoms with van der Waals surface area (Å²) in [4.78, 5) is 40.6. The smallest absolute Gasteiger partial charge is 0.318 e. The minimum Gasteiger partial charge on any atom is -0.356 e. The first-order valence-electron chi connectivity index (χ1n) is 10.1. The van der Waals surface area contributed by atoms with E-state index in [1.165, 1.54) is 0 Å². The molecule has 4 amide bonds. The molecule has 0 bridgehead atoms. The molecule has 1 aromatic rings. The number of carbonyl (C=O) groups excluding carboxylic acids is 3. The average Bonchev–Trinajstić information content (AvgIpc) is 3.07. The predicted molar refractivity (Wildman–Crippen MR) is 108 cm³/mol. The Labute approximate surface area is 166 Å². The van der Waals surface area contributed by atoms with E-state index in [4.69, 9.17) is 0 Å². The number of benzene rings is 1. The number of carbonyl (C=O) groups is 3. The summed E-state index contributed by atoms with van der Waals surface area (Å²) in [6.07, 6.45) is 2.51. The molecule has 28 heavy (non-hydrogen) atoms. The maximum Gasteiger partial charge on any atom is 0.318 e. The third-order valence-corrected chi connectivity index (χ3v) is 5.47. The highest BCUT2D eigenvalue weighted by atomic mass is 16.2. The minimum absolute atomic E-state index is 0.0380. The molecule has 7 heteroatoms. The highest BCUT2D eigenvalue weighted by Gasteiger charge is 2.35. The first kappa shape index (κ1) is 20.2. The third kappa shape index (κ3) is 4.82. The van der Waals surface area contributed by atoms with Gasteiger partial charge in [0.1, 0.15) is 6.04 Å². The lowest BCUT2D eigenvalue weighted by atomic mass is 9.98. The Kier molecular flexibility index (Phi) is 6.54. The van der Waals surface area contributed by atoms with Gasteiger partial charge in [0.25, 0.3) is 0 Å². The van der Waals surface area contributed by atoms with Crippen molar-refractivity contribution in [1.29, 1.82) is 0 Å². The van der Waals surface area contributed by atoms with Crippen molar-refractivity contribution in [2.24, 2.45) is 11.8 Å². The standard InChI is InChI=1S/C21H30N4O3/c1-15(2)19(26)22-13-16-7-6-11-24(14-16)21(28)23-18-10-12-25(20(18)27)17-8-4-3-5-9-17/h3-5,8-9,15-16,18H,6-7,10-14H2,1-2H3,(H,22,26)(H,23,28). The van der Waals surface area contributed by atoms with Gasteiger partial charge in [-0.2, -0.15) is 0 Å². The van der Waals surface area contributed by atoms with Crippen molar-refractivity contribution in [2.45, 2.75) is 39.2 Å². The van der Waals surface area contributed by atoms with Crippen molar-refractivity contribution < 1.29 is 14.4 Å². The van der Waals surface area contributed by atoms with Crippen LogP contribution < -0.4 is 15.5 Å². The molecule has 152 valence electrons. The monoisotopic (exact) mass is 386 g/mol. The Hall–Kier alpha value is -2.57. The van der Waals surface area contributed by atoms with Crippen LogP contribution >= 0.6 is 0 Å². The molecule has 2 unspecified atom stereocenters. The molecule has 0 aliphatic carbocycles.